The van der Waals surface area contributed by atoms with E-state index in [-0.39, 0.29) is 23.7 Å². The molecule has 0 bridgehead atoms. The number of rotatable bonds is 4. The number of Topliss-reactive ketones (excluding diaryl/α,β-unsaturated/α-hetero) is 1. The molecule has 96 valence electrons. The second-order valence-corrected chi connectivity index (χ2v) is 4.74. The van der Waals surface area contributed by atoms with Crippen LogP contribution in [0.25, 0.3) is 0 Å². The SMILES string of the molecule is O=C(C[C@H]1CCC[C@@H]1C(=O)O)c1ccccc1F. The fourth-order valence-electron chi connectivity index (χ4n) is 2.64. The topological polar surface area (TPSA) is 54.4 Å². The molecular weight excluding hydrogens is 235 g/mol. The number of carbonyl (C=O) groups excluding carboxylic acids is 1. The lowest BCUT2D eigenvalue weighted by Crippen LogP contribution is -2.21. The number of hydrogen-bond donors (Lipinski definition) is 1. The average Bonchev–Trinajstić information content (AvgIpc) is 2.77. The minimum absolute atomic E-state index is 0.0635. The zero-order chi connectivity index (χ0) is 13.1. The van der Waals surface area contributed by atoms with E-state index >= 15 is 0 Å². The lowest BCUT2D eigenvalue weighted by molar-refractivity contribution is -0.142. The number of halogens is 1. The van der Waals surface area contributed by atoms with Crippen molar-refractivity contribution < 1.29 is 19.1 Å². The largest absolute Gasteiger partial charge is 0.481 e. The smallest absolute Gasteiger partial charge is 0.306 e. The van der Waals surface area contributed by atoms with Gasteiger partial charge in [-0.15, -0.1) is 0 Å². The van der Waals surface area contributed by atoms with Gasteiger partial charge in [0, 0.05) is 6.42 Å². The van der Waals surface area contributed by atoms with Gasteiger partial charge >= 0.3 is 5.97 Å². The van der Waals surface area contributed by atoms with Crippen molar-refractivity contribution in [3.05, 3.63) is 35.6 Å². The van der Waals surface area contributed by atoms with E-state index in [1.165, 1.54) is 18.2 Å². The van der Waals surface area contributed by atoms with Gasteiger partial charge in [0.25, 0.3) is 0 Å². The van der Waals surface area contributed by atoms with Gasteiger partial charge in [0.05, 0.1) is 11.5 Å². The van der Waals surface area contributed by atoms with Crippen LogP contribution in [-0.2, 0) is 4.79 Å². The molecule has 2 rings (SSSR count). The average molecular weight is 250 g/mol. The Kier molecular flexibility index (Phi) is 3.75. The van der Waals surface area contributed by atoms with Crippen LogP contribution in [-0.4, -0.2) is 16.9 Å². The fraction of sp³-hybridized carbons (Fsp3) is 0.429. The van der Waals surface area contributed by atoms with Crippen LogP contribution in [0.1, 0.15) is 36.0 Å². The van der Waals surface area contributed by atoms with E-state index in [0.29, 0.717) is 6.42 Å². The van der Waals surface area contributed by atoms with E-state index in [4.69, 9.17) is 5.11 Å². The molecule has 1 aromatic carbocycles. The van der Waals surface area contributed by atoms with Gasteiger partial charge in [0.2, 0.25) is 0 Å². The van der Waals surface area contributed by atoms with Crippen molar-refractivity contribution in [2.75, 3.05) is 0 Å². The van der Waals surface area contributed by atoms with Crippen molar-refractivity contribution in [3.8, 4) is 0 Å². The summed E-state index contributed by atoms with van der Waals surface area (Å²) < 4.78 is 13.4. The third-order valence-electron chi connectivity index (χ3n) is 3.60. The van der Waals surface area contributed by atoms with E-state index in [9.17, 15) is 14.0 Å². The van der Waals surface area contributed by atoms with Gasteiger partial charge in [0.1, 0.15) is 5.82 Å². The molecule has 1 aliphatic rings. The van der Waals surface area contributed by atoms with Gasteiger partial charge < -0.3 is 5.11 Å². The first-order valence-electron chi connectivity index (χ1n) is 6.10. The molecular formula is C14H15FO3. The normalized spacial score (nSPS) is 22.9. The Labute approximate surface area is 105 Å². The molecule has 3 nitrogen and oxygen atoms in total. The van der Waals surface area contributed by atoms with E-state index < -0.39 is 17.7 Å². The van der Waals surface area contributed by atoms with E-state index in [1.807, 2.05) is 0 Å². The predicted molar refractivity (Wildman–Crippen MR) is 63.8 cm³/mol. The second kappa shape index (κ2) is 5.29. The highest BCUT2D eigenvalue weighted by Crippen LogP contribution is 2.35. The van der Waals surface area contributed by atoms with E-state index in [2.05, 4.69) is 0 Å². The summed E-state index contributed by atoms with van der Waals surface area (Å²) >= 11 is 0. The van der Waals surface area contributed by atoms with Gasteiger partial charge in [-0.2, -0.15) is 0 Å². The molecule has 0 radical (unpaired) electrons. The molecule has 1 fully saturated rings. The molecule has 18 heavy (non-hydrogen) atoms. The first-order valence-corrected chi connectivity index (χ1v) is 6.10. The molecule has 1 saturated carbocycles. The summed E-state index contributed by atoms with van der Waals surface area (Å²) in [5, 5.41) is 9.04. The quantitative estimate of drug-likeness (QED) is 0.836. The van der Waals surface area contributed by atoms with Gasteiger partial charge in [0.15, 0.2) is 5.78 Å². The van der Waals surface area contributed by atoms with Gasteiger partial charge in [-0.05, 0) is 30.9 Å². The van der Waals surface area contributed by atoms with Crippen molar-refractivity contribution in [1.82, 2.24) is 0 Å². The molecule has 4 heteroatoms. The first kappa shape index (κ1) is 12.7. The lowest BCUT2D eigenvalue weighted by atomic mass is 9.89. The summed E-state index contributed by atoms with van der Waals surface area (Å²) in [6, 6.07) is 5.83. The minimum atomic E-state index is -0.848. The van der Waals surface area contributed by atoms with Crippen molar-refractivity contribution >= 4 is 11.8 Å². The Morgan fingerprint density at radius 2 is 2.00 bits per heavy atom. The summed E-state index contributed by atoms with van der Waals surface area (Å²) in [6.45, 7) is 0. The zero-order valence-electron chi connectivity index (χ0n) is 9.93. The molecule has 0 unspecified atom stereocenters. The molecule has 1 N–H and O–H groups in total. The maximum absolute atomic E-state index is 13.4. The number of hydrogen-bond acceptors (Lipinski definition) is 2. The van der Waals surface area contributed by atoms with Gasteiger partial charge in [-0.1, -0.05) is 18.6 Å². The lowest BCUT2D eigenvalue weighted by Gasteiger charge is -2.14. The Balaban J connectivity index is 2.08. The Morgan fingerprint density at radius 3 is 2.67 bits per heavy atom. The maximum atomic E-state index is 13.4. The summed E-state index contributed by atoms with van der Waals surface area (Å²) in [5.41, 5.74) is 0.0635. The summed E-state index contributed by atoms with van der Waals surface area (Å²) in [5.74, 6) is -2.30. The van der Waals surface area contributed by atoms with Crippen molar-refractivity contribution in [2.24, 2.45) is 11.8 Å². The molecule has 0 heterocycles. The number of benzene rings is 1. The summed E-state index contributed by atoms with van der Waals surface area (Å²) in [6.07, 6.45) is 2.30. The first-order chi connectivity index (χ1) is 8.59. The summed E-state index contributed by atoms with van der Waals surface area (Å²) in [4.78, 5) is 23.0. The standard InChI is InChI=1S/C14H15FO3/c15-12-7-2-1-5-11(12)13(16)8-9-4-3-6-10(9)14(17)18/h1-2,5,7,9-10H,3-4,6,8H2,(H,17,18)/t9-,10+/m1/s1. The van der Waals surface area contributed by atoms with Crippen molar-refractivity contribution in [3.63, 3.8) is 0 Å². The highest BCUT2D eigenvalue weighted by atomic mass is 19.1. The molecule has 0 amide bonds. The van der Waals surface area contributed by atoms with Gasteiger partial charge in [-0.3, -0.25) is 9.59 Å². The molecule has 0 aromatic heterocycles. The Hall–Kier alpha value is -1.71. The maximum Gasteiger partial charge on any atom is 0.306 e. The van der Waals surface area contributed by atoms with Crippen LogP contribution in [0.15, 0.2) is 24.3 Å². The minimum Gasteiger partial charge on any atom is -0.481 e. The number of carboxylic acids is 1. The molecule has 0 saturated heterocycles. The number of aliphatic carboxylic acids is 1. The molecule has 1 aromatic rings. The third-order valence-corrected chi connectivity index (χ3v) is 3.60. The summed E-state index contributed by atoms with van der Waals surface area (Å²) in [7, 11) is 0. The van der Waals surface area contributed by atoms with Crippen LogP contribution in [0.2, 0.25) is 0 Å². The zero-order valence-corrected chi connectivity index (χ0v) is 9.93. The number of carboxylic acid groups (broad SMARTS) is 1. The second-order valence-electron chi connectivity index (χ2n) is 4.74. The van der Waals surface area contributed by atoms with Crippen LogP contribution in [0.3, 0.4) is 0 Å². The van der Waals surface area contributed by atoms with Crippen molar-refractivity contribution in [1.29, 1.82) is 0 Å². The molecule has 0 aliphatic heterocycles. The highest BCUT2D eigenvalue weighted by Gasteiger charge is 2.34. The Morgan fingerprint density at radius 1 is 1.28 bits per heavy atom. The molecule has 2 atom stereocenters. The number of ketones is 1. The van der Waals surface area contributed by atoms with Crippen LogP contribution >= 0.6 is 0 Å². The van der Waals surface area contributed by atoms with Gasteiger partial charge in [-0.25, -0.2) is 4.39 Å². The molecule has 1 aliphatic carbocycles. The van der Waals surface area contributed by atoms with Crippen molar-refractivity contribution in [2.45, 2.75) is 25.7 Å². The van der Waals surface area contributed by atoms with Crippen LogP contribution < -0.4 is 0 Å². The third kappa shape index (κ3) is 2.58. The number of carbonyl (C=O) groups is 2. The van der Waals surface area contributed by atoms with E-state index in [1.54, 1.807) is 6.07 Å². The Bertz CT molecular complexity index is 470. The van der Waals surface area contributed by atoms with Crippen LogP contribution in [0, 0.1) is 17.7 Å². The predicted octanol–water partition coefficient (Wildman–Crippen LogP) is 2.90. The van der Waals surface area contributed by atoms with Crippen LogP contribution in [0.4, 0.5) is 4.39 Å². The van der Waals surface area contributed by atoms with Crippen LogP contribution in [0.5, 0.6) is 0 Å². The monoisotopic (exact) mass is 250 g/mol. The highest BCUT2D eigenvalue weighted by molar-refractivity contribution is 5.96. The molecule has 0 spiro atoms. The van der Waals surface area contributed by atoms with E-state index in [0.717, 1.165) is 12.8 Å². The fourth-order valence-corrected chi connectivity index (χ4v) is 2.64.